The molecule has 0 saturated carbocycles. The van der Waals surface area contributed by atoms with Gasteiger partial charge in [-0.2, -0.15) is 0 Å². The van der Waals surface area contributed by atoms with Crippen LogP contribution in [0.2, 0.25) is 10.0 Å². The SMILES string of the molecule is COCCCn1c(SCCC(=O)Nc2cccc(Cl)c2)nnc1-c1ccccc1Cl. The van der Waals surface area contributed by atoms with Crippen LogP contribution in [0.15, 0.2) is 53.7 Å². The molecule has 0 bridgehead atoms. The highest BCUT2D eigenvalue weighted by atomic mass is 35.5. The first-order valence-corrected chi connectivity index (χ1v) is 11.2. The van der Waals surface area contributed by atoms with Crippen molar-refractivity contribution in [2.45, 2.75) is 24.5 Å². The lowest BCUT2D eigenvalue weighted by molar-refractivity contribution is -0.115. The largest absolute Gasteiger partial charge is 0.385 e. The third kappa shape index (κ3) is 6.22. The first kappa shape index (κ1) is 22.6. The molecule has 6 nitrogen and oxygen atoms in total. The number of ether oxygens (including phenoxy) is 1. The van der Waals surface area contributed by atoms with E-state index in [0.29, 0.717) is 46.9 Å². The number of thioether (sulfide) groups is 1. The number of hydrogen-bond donors (Lipinski definition) is 1. The summed E-state index contributed by atoms with van der Waals surface area (Å²) in [6, 6.07) is 14.6. The van der Waals surface area contributed by atoms with Crippen LogP contribution in [-0.2, 0) is 16.1 Å². The smallest absolute Gasteiger partial charge is 0.225 e. The molecule has 9 heteroatoms. The van der Waals surface area contributed by atoms with Crippen molar-refractivity contribution in [3.05, 3.63) is 58.6 Å². The van der Waals surface area contributed by atoms with Crippen LogP contribution in [-0.4, -0.2) is 40.1 Å². The predicted octanol–water partition coefficient (Wildman–Crippen LogP) is 5.41. The Morgan fingerprint density at radius 1 is 1.17 bits per heavy atom. The first-order valence-electron chi connectivity index (χ1n) is 9.43. The zero-order valence-corrected chi connectivity index (χ0v) is 18.8. The second-order valence-electron chi connectivity index (χ2n) is 6.44. The highest BCUT2D eigenvalue weighted by molar-refractivity contribution is 7.99. The molecule has 1 aromatic heterocycles. The molecule has 0 aliphatic rings. The van der Waals surface area contributed by atoms with Gasteiger partial charge in [0.1, 0.15) is 0 Å². The highest BCUT2D eigenvalue weighted by Crippen LogP contribution is 2.29. The van der Waals surface area contributed by atoms with Crippen LogP contribution in [0.1, 0.15) is 12.8 Å². The van der Waals surface area contributed by atoms with E-state index in [4.69, 9.17) is 27.9 Å². The topological polar surface area (TPSA) is 69.0 Å². The number of halogens is 2. The van der Waals surface area contributed by atoms with E-state index < -0.39 is 0 Å². The lowest BCUT2D eigenvalue weighted by Crippen LogP contribution is -2.12. The molecule has 158 valence electrons. The predicted molar refractivity (Wildman–Crippen MR) is 122 cm³/mol. The van der Waals surface area contributed by atoms with Crippen molar-refractivity contribution < 1.29 is 9.53 Å². The fourth-order valence-corrected chi connectivity index (χ4v) is 4.14. The monoisotopic (exact) mass is 464 g/mol. The van der Waals surface area contributed by atoms with E-state index in [2.05, 4.69) is 15.5 Å². The summed E-state index contributed by atoms with van der Waals surface area (Å²) in [6.45, 7) is 1.32. The van der Waals surface area contributed by atoms with Crippen LogP contribution in [0.25, 0.3) is 11.4 Å². The van der Waals surface area contributed by atoms with Crippen molar-refractivity contribution in [2.75, 3.05) is 24.8 Å². The molecule has 3 aromatic rings. The molecule has 0 saturated heterocycles. The number of amides is 1. The number of carbonyl (C=O) groups is 1. The Balaban J connectivity index is 1.66. The van der Waals surface area contributed by atoms with Gasteiger partial charge in [-0.25, -0.2) is 0 Å². The number of methoxy groups -OCH3 is 1. The average molecular weight is 465 g/mol. The fraction of sp³-hybridized carbons (Fsp3) is 0.286. The summed E-state index contributed by atoms with van der Waals surface area (Å²) in [6.07, 6.45) is 1.15. The number of hydrogen-bond acceptors (Lipinski definition) is 5. The lowest BCUT2D eigenvalue weighted by atomic mass is 10.2. The molecule has 0 fully saturated rings. The van der Waals surface area contributed by atoms with Gasteiger partial charge in [0.05, 0.1) is 5.02 Å². The Morgan fingerprint density at radius 2 is 2.00 bits per heavy atom. The molecule has 0 aliphatic heterocycles. The second-order valence-corrected chi connectivity index (χ2v) is 8.35. The minimum atomic E-state index is -0.0819. The summed E-state index contributed by atoms with van der Waals surface area (Å²) >= 11 is 13.8. The van der Waals surface area contributed by atoms with Crippen molar-refractivity contribution in [3.8, 4) is 11.4 Å². The van der Waals surface area contributed by atoms with E-state index in [1.54, 1.807) is 31.4 Å². The molecule has 1 N–H and O–H groups in total. The Labute approximate surface area is 189 Å². The fourth-order valence-electron chi connectivity index (χ4n) is 2.83. The van der Waals surface area contributed by atoms with Crippen molar-refractivity contribution in [2.24, 2.45) is 0 Å². The van der Waals surface area contributed by atoms with Crippen molar-refractivity contribution >= 4 is 46.6 Å². The van der Waals surface area contributed by atoms with Gasteiger partial charge in [-0.05, 0) is 36.8 Å². The number of aromatic nitrogens is 3. The zero-order chi connectivity index (χ0) is 21.3. The maximum atomic E-state index is 12.2. The highest BCUT2D eigenvalue weighted by Gasteiger charge is 2.16. The van der Waals surface area contributed by atoms with Gasteiger partial charge < -0.3 is 14.6 Å². The molecular weight excluding hydrogens is 443 g/mol. The number of nitrogens with one attached hydrogen (secondary N) is 1. The number of benzene rings is 2. The number of rotatable bonds is 10. The molecule has 30 heavy (non-hydrogen) atoms. The van der Waals surface area contributed by atoms with Crippen LogP contribution in [0.5, 0.6) is 0 Å². The maximum Gasteiger partial charge on any atom is 0.225 e. The number of anilines is 1. The summed E-state index contributed by atoms with van der Waals surface area (Å²) in [5.41, 5.74) is 1.51. The molecule has 0 unspecified atom stereocenters. The van der Waals surface area contributed by atoms with Gasteiger partial charge in [-0.15, -0.1) is 10.2 Å². The average Bonchev–Trinajstić information content (AvgIpc) is 3.11. The molecule has 2 aromatic carbocycles. The van der Waals surface area contributed by atoms with Crippen LogP contribution < -0.4 is 5.32 Å². The quantitative estimate of drug-likeness (QED) is 0.320. The lowest BCUT2D eigenvalue weighted by Gasteiger charge is -2.11. The van der Waals surface area contributed by atoms with E-state index in [1.807, 2.05) is 28.8 Å². The van der Waals surface area contributed by atoms with E-state index in [-0.39, 0.29) is 5.91 Å². The molecule has 1 heterocycles. The summed E-state index contributed by atoms with van der Waals surface area (Å²) in [7, 11) is 1.68. The summed E-state index contributed by atoms with van der Waals surface area (Å²) in [5, 5.41) is 13.5. The Morgan fingerprint density at radius 3 is 2.77 bits per heavy atom. The molecule has 1 amide bonds. The Hall–Kier alpha value is -2.06. The van der Waals surface area contributed by atoms with Crippen LogP contribution in [0.4, 0.5) is 5.69 Å². The summed E-state index contributed by atoms with van der Waals surface area (Å²) < 4.78 is 7.21. The van der Waals surface area contributed by atoms with E-state index in [1.165, 1.54) is 11.8 Å². The van der Waals surface area contributed by atoms with Crippen molar-refractivity contribution in [1.29, 1.82) is 0 Å². The van der Waals surface area contributed by atoms with Gasteiger partial charge in [0.25, 0.3) is 0 Å². The number of nitrogens with zero attached hydrogens (tertiary/aromatic N) is 3. The molecule has 0 radical (unpaired) electrons. The van der Waals surface area contributed by atoms with Crippen molar-refractivity contribution in [3.63, 3.8) is 0 Å². The molecule has 0 spiro atoms. The van der Waals surface area contributed by atoms with Gasteiger partial charge in [0.2, 0.25) is 5.91 Å². The van der Waals surface area contributed by atoms with Crippen molar-refractivity contribution in [1.82, 2.24) is 14.8 Å². The van der Waals surface area contributed by atoms with Crippen LogP contribution in [0, 0.1) is 0 Å². The van der Waals surface area contributed by atoms with Gasteiger partial charge in [0.15, 0.2) is 11.0 Å². The zero-order valence-electron chi connectivity index (χ0n) is 16.5. The molecule has 3 rings (SSSR count). The Kier molecular flexibility index (Phi) is 8.57. The first-order chi connectivity index (χ1) is 14.6. The van der Waals surface area contributed by atoms with E-state index in [0.717, 1.165) is 17.1 Å². The second kappa shape index (κ2) is 11.4. The van der Waals surface area contributed by atoms with Crippen LogP contribution in [0.3, 0.4) is 0 Å². The number of carbonyl (C=O) groups excluding carboxylic acids is 1. The maximum absolute atomic E-state index is 12.2. The van der Waals surface area contributed by atoms with E-state index >= 15 is 0 Å². The van der Waals surface area contributed by atoms with Crippen LogP contribution >= 0.6 is 35.0 Å². The normalized spacial score (nSPS) is 10.9. The third-order valence-electron chi connectivity index (χ3n) is 4.23. The molecule has 0 atom stereocenters. The standard InChI is InChI=1S/C21H22Cl2N4O2S/c1-29-12-5-11-27-20(17-8-2-3-9-18(17)23)25-26-21(27)30-13-10-19(28)24-16-7-4-6-15(22)14-16/h2-4,6-9,14H,5,10-13H2,1H3,(H,24,28). The summed E-state index contributed by atoms with van der Waals surface area (Å²) in [5.74, 6) is 1.20. The Bertz CT molecular complexity index is 997. The van der Waals surface area contributed by atoms with E-state index in [9.17, 15) is 4.79 Å². The minimum Gasteiger partial charge on any atom is -0.385 e. The summed E-state index contributed by atoms with van der Waals surface area (Å²) in [4.78, 5) is 12.2. The van der Waals surface area contributed by atoms with Gasteiger partial charge in [-0.3, -0.25) is 4.79 Å². The minimum absolute atomic E-state index is 0.0819. The molecular formula is C21H22Cl2N4O2S. The van der Waals surface area contributed by atoms with Gasteiger partial charge in [0, 0.05) is 48.7 Å². The molecule has 0 aliphatic carbocycles. The third-order valence-corrected chi connectivity index (χ3v) is 5.76. The van der Waals surface area contributed by atoms with Gasteiger partial charge >= 0.3 is 0 Å². The van der Waals surface area contributed by atoms with Gasteiger partial charge in [-0.1, -0.05) is 53.2 Å².